The quantitative estimate of drug-likeness (QED) is 0.726. The van der Waals surface area contributed by atoms with Crippen molar-refractivity contribution in [3.63, 3.8) is 0 Å². The van der Waals surface area contributed by atoms with Crippen molar-refractivity contribution < 1.29 is 0 Å². The minimum atomic E-state index is 0.676. The van der Waals surface area contributed by atoms with E-state index in [1.807, 2.05) is 49.1 Å². The minimum Gasteiger partial charge on any atom is -0.336 e. The maximum Gasteiger partial charge on any atom is 0.182 e. The molecule has 1 N–H and O–H groups in total. The van der Waals surface area contributed by atoms with E-state index in [0.29, 0.717) is 4.77 Å². The molecule has 2 heterocycles. The lowest BCUT2D eigenvalue weighted by Crippen LogP contribution is -1.97. The van der Waals surface area contributed by atoms with Crippen molar-refractivity contribution in [2.45, 2.75) is 6.92 Å². The molecule has 0 unspecified atom stereocenters. The van der Waals surface area contributed by atoms with E-state index in [-0.39, 0.29) is 0 Å². The highest BCUT2D eigenvalue weighted by Gasteiger charge is 2.12. The highest BCUT2D eigenvalue weighted by molar-refractivity contribution is 7.71. The van der Waals surface area contributed by atoms with E-state index in [0.717, 1.165) is 22.6 Å². The van der Waals surface area contributed by atoms with Gasteiger partial charge < -0.3 is 4.98 Å². The van der Waals surface area contributed by atoms with Gasteiger partial charge in [-0.05, 0) is 19.1 Å². The van der Waals surface area contributed by atoms with Crippen molar-refractivity contribution in [2.24, 2.45) is 7.05 Å². The van der Waals surface area contributed by atoms with Crippen molar-refractivity contribution in [1.82, 2.24) is 19.3 Å². The third-order valence-electron chi connectivity index (χ3n) is 3.07. The SMILES string of the molecule is Cc1nn(C)cc1-n1c(-c2ccccc2)c[nH]c1=S. The molecule has 3 aromatic rings. The fourth-order valence-corrected chi connectivity index (χ4v) is 2.49. The van der Waals surface area contributed by atoms with Gasteiger partial charge in [0.15, 0.2) is 4.77 Å². The summed E-state index contributed by atoms with van der Waals surface area (Å²) in [6.45, 7) is 1.98. The molecule has 0 amide bonds. The lowest BCUT2D eigenvalue weighted by molar-refractivity contribution is 0.756. The Kier molecular flexibility index (Phi) is 2.83. The van der Waals surface area contributed by atoms with Crippen LogP contribution >= 0.6 is 12.2 Å². The van der Waals surface area contributed by atoms with Crippen LogP contribution in [0, 0.1) is 11.7 Å². The second-order valence-corrected chi connectivity index (χ2v) is 4.84. The van der Waals surface area contributed by atoms with Crippen LogP contribution in [0.25, 0.3) is 16.9 Å². The van der Waals surface area contributed by atoms with Crippen LogP contribution in [0.1, 0.15) is 5.69 Å². The summed E-state index contributed by atoms with van der Waals surface area (Å²) < 4.78 is 4.50. The van der Waals surface area contributed by atoms with Crippen LogP contribution in [0.3, 0.4) is 0 Å². The van der Waals surface area contributed by atoms with E-state index in [4.69, 9.17) is 12.2 Å². The Morgan fingerprint density at radius 2 is 1.95 bits per heavy atom. The van der Waals surface area contributed by atoms with Crippen LogP contribution in [0.2, 0.25) is 0 Å². The predicted molar refractivity (Wildman–Crippen MR) is 77.9 cm³/mol. The number of rotatable bonds is 2. The normalized spacial score (nSPS) is 10.8. The van der Waals surface area contributed by atoms with Crippen molar-refractivity contribution in [2.75, 3.05) is 0 Å². The van der Waals surface area contributed by atoms with Crippen LogP contribution in [0.15, 0.2) is 42.7 Å². The summed E-state index contributed by atoms with van der Waals surface area (Å²) in [4.78, 5) is 3.11. The molecule has 2 aromatic heterocycles. The molecule has 0 bridgehead atoms. The summed E-state index contributed by atoms with van der Waals surface area (Å²) in [6, 6.07) is 10.2. The minimum absolute atomic E-state index is 0.676. The molecule has 0 saturated carbocycles. The molecular weight excluding hydrogens is 256 g/mol. The Bertz CT molecular complexity index is 764. The molecular formula is C14H14N4S. The van der Waals surface area contributed by atoms with E-state index in [9.17, 15) is 0 Å². The molecule has 0 atom stereocenters. The standard InChI is InChI=1S/C14H14N4S/c1-10-13(9-17(2)16-10)18-12(8-15-14(18)19)11-6-4-3-5-7-11/h3-9H,1-2H3,(H,15,19). The van der Waals surface area contributed by atoms with E-state index in [1.165, 1.54) is 0 Å². The molecule has 0 saturated heterocycles. The fourth-order valence-electron chi connectivity index (χ4n) is 2.24. The first kappa shape index (κ1) is 11.9. The molecule has 0 aliphatic heterocycles. The zero-order valence-corrected chi connectivity index (χ0v) is 11.6. The molecule has 0 fully saturated rings. The number of nitrogens with one attached hydrogen (secondary N) is 1. The first-order valence-electron chi connectivity index (χ1n) is 6.03. The van der Waals surface area contributed by atoms with Crippen molar-refractivity contribution in [3.05, 3.63) is 53.2 Å². The molecule has 1 aromatic carbocycles. The number of imidazole rings is 1. The largest absolute Gasteiger partial charge is 0.336 e. The Morgan fingerprint density at radius 1 is 1.21 bits per heavy atom. The van der Waals surface area contributed by atoms with Crippen LogP contribution in [-0.2, 0) is 7.05 Å². The van der Waals surface area contributed by atoms with Crippen LogP contribution in [0.5, 0.6) is 0 Å². The number of H-pyrrole nitrogens is 1. The number of aryl methyl sites for hydroxylation is 2. The number of benzene rings is 1. The third kappa shape index (κ3) is 2.02. The smallest absolute Gasteiger partial charge is 0.182 e. The molecule has 96 valence electrons. The van der Waals surface area contributed by atoms with Gasteiger partial charge in [0.05, 0.1) is 17.1 Å². The third-order valence-corrected chi connectivity index (χ3v) is 3.37. The van der Waals surface area contributed by atoms with Crippen molar-refractivity contribution in [1.29, 1.82) is 0 Å². The van der Waals surface area contributed by atoms with Gasteiger partial charge in [0.2, 0.25) is 0 Å². The summed E-state index contributed by atoms with van der Waals surface area (Å²) >= 11 is 5.39. The lowest BCUT2D eigenvalue weighted by Gasteiger charge is -2.06. The van der Waals surface area contributed by atoms with Gasteiger partial charge in [-0.2, -0.15) is 5.10 Å². The summed E-state index contributed by atoms with van der Waals surface area (Å²) in [5.74, 6) is 0. The van der Waals surface area contributed by atoms with E-state index in [1.54, 1.807) is 4.68 Å². The molecule has 3 rings (SSSR count). The molecule has 0 aliphatic rings. The first-order valence-corrected chi connectivity index (χ1v) is 6.44. The lowest BCUT2D eigenvalue weighted by atomic mass is 10.1. The molecule has 0 aliphatic carbocycles. The van der Waals surface area contributed by atoms with Crippen molar-refractivity contribution >= 4 is 12.2 Å². The van der Waals surface area contributed by atoms with Crippen LogP contribution < -0.4 is 0 Å². The first-order chi connectivity index (χ1) is 9.16. The number of aromatic nitrogens is 4. The van der Waals surface area contributed by atoms with Gasteiger partial charge in [0.1, 0.15) is 0 Å². The Hall–Kier alpha value is -2.14. The summed E-state index contributed by atoms with van der Waals surface area (Å²) in [7, 11) is 1.91. The van der Waals surface area contributed by atoms with Crippen LogP contribution in [-0.4, -0.2) is 19.3 Å². The molecule has 5 heteroatoms. The van der Waals surface area contributed by atoms with Gasteiger partial charge in [-0.1, -0.05) is 30.3 Å². The maximum absolute atomic E-state index is 5.39. The second kappa shape index (κ2) is 4.51. The van der Waals surface area contributed by atoms with Gasteiger partial charge in [-0.25, -0.2) is 0 Å². The van der Waals surface area contributed by atoms with Gasteiger partial charge in [-0.15, -0.1) is 0 Å². The Labute approximate surface area is 116 Å². The molecule has 19 heavy (non-hydrogen) atoms. The fraction of sp³-hybridized carbons (Fsp3) is 0.143. The van der Waals surface area contributed by atoms with Gasteiger partial charge in [0.25, 0.3) is 0 Å². The van der Waals surface area contributed by atoms with Gasteiger partial charge >= 0.3 is 0 Å². The highest BCUT2D eigenvalue weighted by Crippen LogP contribution is 2.24. The summed E-state index contributed by atoms with van der Waals surface area (Å²) in [5.41, 5.74) is 4.13. The predicted octanol–water partition coefficient (Wildman–Crippen LogP) is 3.24. The Morgan fingerprint density at radius 3 is 2.58 bits per heavy atom. The second-order valence-electron chi connectivity index (χ2n) is 4.45. The molecule has 0 radical (unpaired) electrons. The zero-order valence-electron chi connectivity index (χ0n) is 10.8. The summed E-state index contributed by atoms with van der Waals surface area (Å²) in [5, 5.41) is 4.38. The van der Waals surface area contributed by atoms with Crippen LogP contribution in [0.4, 0.5) is 0 Å². The average molecular weight is 270 g/mol. The maximum atomic E-state index is 5.39. The number of nitrogens with zero attached hydrogens (tertiary/aromatic N) is 3. The number of hydrogen-bond acceptors (Lipinski definition) is 2. The molecule has 4 nitrogen and oxygen atoms in total. The molecule has 0 spiro atoms. The monoisotopic (exact) mass is 270 g/mol. The van der Waals surface area contributed by atoms with Gasteiger partial charge in [-0.3, -0.25) is 9.25 Å². The van der Waals surface area contributed by atoms with E-state index >= 15 is 0 Å². The zero-order chi connectivity index (χ0) is 13.4. The van der Waals surface area contributed by atoms with E-state index < -0.39 is 0 Å². The van der Waals surface area contributed by atoms with E-state index in [2.05, 4.69) is 22.2 Å². The number of aromatic amines is 1. The average Bonchev–Trinajstić information content (AvgIpc) is 2.93. The summed E-state index contributed by atoms with van der Waals surface area (Å²) in [6.07, 6.45) is 3.91. The number of hydrogen-bond donors (Lipinski definition) is 1. The Balaban J connectivity index is 2.26. The topological polar surface area (TPSA) is 38.5 Å². The van der Waals surface area contributed by atoms with Crippen molar-refractivity contribution in [3.8, 4) is 16.9 Å². The highest BCUT2D eigenvalue weighted by atomic mass is 32.1. The van der Waals surface area contributed by atoms with Gasteiger partial charge in [0, 0.05) is 25.0 Å².